The maximum absolute atomic E-state index is 13.4. The lowest BCUT2D eigenvalue weighted by atomic mass is 10.1. The summed E-state index contributed by atoms with van der Waals surface area (Å²) in [4.78, 5) is 23.7. The maximum atomic E-state index is 13.4. The Morgan fingerprint density at radius 3 is 1.00 bits per heavy atom. The van der Waals surface area contributed by atoms with Gasteiger partial charge in [0.1, 0.15) is 5.58 Å². The van der Waals surface area contributed by atoms with Gasteiger partial charge in [-0.1, -0.05) is 221 Å². The van der Waals surface area contributed by atoms with Crippen LogP contribution in [0.3, 0.4) is 0 Å². The first-order valence-corrected chi connectivity index (χ1v) is 35.3. The summed E-state index contributed by atoms with van der Waals surface area (Å²) in [5.74, 6) is -16.9. The van der Waals surface area contributed by atoms with Crippen LogP contribution in [-0.4, -0.2) is 0 Å². The Bertz CT molecular complexity index is 5420. The van der Waals surface area contributed by atoms with Crippen molar-refractivity contribution in [3.05, 3.63) is 430 Å². The van der Waals surface area contributed by atoms with Crippen LogP contribution in [0.15, 0.2) is 208 Å². The average molecular weight is 1560 g/mol. The average Bonchev–Trinajstić information content (AvgIpc) is 0.808. The third-order valence-corrected chi connectivity index (χ3v) is 16.6. The first-order chi connectivity index (χ1) is 53.6. The van der Waals surface area contributed by atoms with Gasteiger partial charge in [-0.2, -0.15) is 0 Å². The molecule has 0 unspecified atom stereocenters. The molecular formula is C96H90F12N4O2. The fourth-order valence-electron chi connectivity index (χ4n) is 9.66. The highest BCUT2D eigenvalue weighted by Crippen LogP contribution is 2.28. The second kappa shape index (κ2) is 46.8. The second-order valence-electron chi connectivity index (χ2n) is 26.6. The Labute approximate surface area is 661 Å². The number of hydrogen-bond acceptors (Lipinski definition) is 2. The van der Waals surface area contributed by atoms with Gasteiger partial charge in [-0.25, -0.2) is 76.9 Å². The largest absolute Gasteiger partial charge is 0.423 e. The molecule has 11 aromatic rings. The Morgan fingerprint density at radius 2 is 0.623 bits per heavy atom. The number of nitrogens with zero attached hydrogens (tertiary/aromatic N) is 4. The molecule has 0 radical (unpaired) electrons. The predicted octanol–water partition coefficient (Wildman–Crippen LogP) is 29.0. The molecule has 0 bridgehead atoms. The summed E-state index contributed by atoms with van der Waals surface area (Å²) in [6.07, 6.45) is 11.7. The van der Waals surface area contributed by atoms with Gasteiger partial charge in [0.15, 0.2) is 92.6 Å². The van der Waals surface area contributed by atoms with Crippen molar-refractivity contribution in [1.82, 2.24) is 0 Å². The highest BCUT2D eigenvalue weighted by Gasteiger charge is 2.23. The summed E-state index contributed by atoms with van der Waals surface area (Å²) in [6.45, 7) is 59.6. The molecule has 0 N–H and O–H groups in total. The van der Waals surface area contributed by atoms with Crippen molar-refractivity contribution in [3.8, 4) is 0 Å². The van der Waals surface area contributed by atoms with Gasteiger partial charge in [-0.05, 0) is 188 Å². The van der Waals surface area contributed by atoms with Gasteiger partial charge in [0, 0.05) is 38.8 Å². The molecule has 590 valence electrons. The van der Waals surface area contributed by atoms with E-state index in [4.69, 9.17) is 30.7 Å². The van der Waals surface area contributed by atoms with Gasteiger partial charge in [0.25, 0.3) is 0 Å². The molecule has 0 fully saturated rings. The lowest BCUT2D eigenvalue weighted by Crippen LogP contribution is -2.03. The summed E-state index contributed by atoms with van der Waals surface area (Å²) < 4.78 is 162. The van der Waals surface area contributed by atoms with Crippen molar-refractivity contribution in [2.24, 2.45) is 0 Å². The highest BCUT2D eigenvalue weighted by atomic mass is 19.2. The normalized spacial score (nSPS) is 10.9. The van der Waals surface area contributed by atoms with E-state index in [1.165, 1.54) is 80.8 Å². The third-order valence-electron chi connectivity index (χ3n) is 16.6. The van der Waals surface area contributed by atoms with Crippen molar-refractivity contribution in [1.29, 1.82) is 0 Å². The third kappa shape index (κ3) is 30.5. The van der Waals surface area contributed by atoms with Crippen molar-refractivity contribution in [2.45, 2.75) is 132 Å². The number of fused-ring (bicyclic) bond motifs is 2. The molecule has 0 atom stereocenters. The van der Waals surface area contributed by atoms with Crippen molar-refractivity contribution < 1.29 is 57.1 Å². The molecule has 11 rings (SSSR count). The monoisotopic (exact) mass is 1560 g/mol. The summed E-state index contributed by atoms with van der Waals surface area (Å²) in [7, 11) is 0. The first-order valence-electron chi connectivity index (χ1n) is 35.3. The van der Waals surface area contributed by atoms with Crippen LogP contribution < -0.4 is 5.63 Å². The quantitative estimate of drug-likeness (QED) is 0.0548. The molecule has 0 saturated carbocycles. The topological polar surface area (TPSA) is 47.6 Å². The van der Waals surface area contributed by atoms with E-state index in [1.54, 1.807) is 13.8 Å². The zero-order valence-electron chi connectivity index (χ0n) is 67.2. The van der Waals surface area contributed by atoms with Crippen molar-refractivity contribution in [2.75, 3.05) is 0 Å². The number of rotatable bonds is 6. The Balaban J connectivity index is 0.000000334. The summed E-state index contributed by atoms with van der Waals surface area (Å²) in [6, 6.07) is 52.1. The van der Waals surface area contributed by atoms with Gasteiger partial charge >= 0.3 is 5.63 Å². The van der Waals surface area contributed by atoms with Gasteiger partial charge in [0.05, 0.1) is 31.9 Å². The minimum Gasteiger partial charge on any atom is -0.423 e. The SMILES string of the molecule is Cc1c(F)c(F)c(C)c(F)c1F.Cc1ccc(C)c(C)c1.Cc1ccc2cc(C)c(=O)oc2c1.Cc1ccc2cc(C)ccc2c1.Cc1cccc(C)c1.[C-]#[N+]/C(C)=C\C=C\c1c(F)c(F)c(C)c(F)c1F.[C-]#[N+]/C(C)=C\C=C\c1ccc(C)cc1.[C-]#[N+]/C(C)=C\c1c(F)c(F)c(C)c(F)c1F.[C-]#[N+]/C(C)=C\c1ccc(C)cc1. The lowest BCUT2D eigenvalue weighted by molar-refractivity contribution is 0.436. The molecule has 6 nitrogen and oxygen atoms in total. The van der Waals surface area contributed by atoms with Gasteiger partial charge < -0.3 is 4.42 Å². The minimum absolute atomic E-state index is 0.0690. The van der Waals surface area contributed by atoms with Crippen LogP contribution >= 0.6 is 0 Å². The van der Waals surface area contributed by atoms with Crippen LogP contribution in [0.5, 0.6) is 0 Å². The Hall–Kier alpha value is -12.8. The van der Waals surface area contributed by atoms with Crippen LogP contribution in [0.2, 0.25) is 0 Å². The fourth-order valence-corrected chi connectivity index (χ4v) is 9.66. The maximum Gasteiger partial charge on any atom is 0.339 e. The molecule has 0 aliphatic carbocycles. The zero-order valence-corrected chi connectivity index (χ0v) is 67.2. The fraction of sp³-hybridized carbons (Fsp3) is 0.198. The van der Waals surface area contributed by atoms with Crippen LogP contribution in [0.4, 0.5) is 52.7 Å². The second-order valence-corrected chi connectivity index (χ2v) is 26.6. The molecule has 0 aliphatic heterocycles. The van der Waals surface area contributed by atoms with Crippen LogP contribution in [0.1, 0.15) is 133 Å². The molecule has 1 aromatic heterocycles. The molecule has 18 heteroatoms. The number of halogens is 12. The number of hydrogen-bond donors (Lipinski definition) is 0. The summed E-state index contributed by atoms with van der Waals surface area (Å²) in [5.41, 5.74) is 13.6. The van der Waals surface area contributed by atoms with E-state index in [0.29, 0.717) is 16.8 Å². The van der Waals surface area contributed by atoms with Gasteiger partial charge in [0.2, 0.25) is 0 Å². The Kier molecular flexibility index (Phi) is 39.2. The lowest BCUT2D eigenvalue weighted by Gasteiger charge is -2.06. The molecule has 0 amide bonds. The smallest absolute Gasteiger partial charge is 0.339 e. The zero-order chi connectivity index (χ0) is 86.0. The molecule has 0 aliphatic rings. The predicted molar refractivity (Wildman–Crippen MR) is 441 cm³/mol. The van der Waals surface area contributed by atoms with E-state index in [0.717, 1.165) is 73.7 Å². The highest BCUT2D eigenvalue weighted by molar-refractivity contribution is 5.83. The molecular weight excluding hydrogens is 1470 g/mol. The standard InChI is InChI=1S/C13H9F4N.C13H13N.C12H12.C11H7F4N.C11H11N.C11H10O2.C9H12.C8H6F4.C8H10/c1-7(18-3)5-4-6-9-12(16)10(14)8(2)11(15)13(9)17;1-11-7-9-13(10-8-11)6-4-5-12(2)14-3;1-9-3-5-12-8-10(2)4-6-11(12)7-9;1-5(16-3)4-7-10(14)8(12)6(2)9(13)11(7)15;1-9-4-6-11(7-5-9)8-10(2)12-3;1-7-3-4-9-6-8(2)11(12)13-10(9)5-7;1-7-4-5-8(2)9(3)6-7;1-3-5(9)7(11)4(2)8(12)6(3)10;1-7-4-3-5-8(2)6-7/h4-6H,1-2H3;4-10H,1-2H3;3-8H,1-2H3;4H,1-2H3;4-8H,1-2H3;3-6H,1-2H3;4-6H,1-3H3;1-2H3;3-6H,1-2H3/b6-4+,7-5-;6-4+,12-5-;;5-4-;10-8-;;;;. The Morgan fingerprint density at radius 1 is 0.298 bits per heavy atom. The van der Waals surface area contributed by atoms with Crippen molar-refractivity contribution in [3.63, 3.8) is 0 Å². The van der Waals surface area contributed by atoms with E-state index in [1.807, 2.05) is 86.7 Å². The van der Waals surface area contributed by atoms with E-state index >= 15 is 0 Å². The number of benzene rings is 10. The van der Waals surface area contributed by atoms with Crippen LogP contribution in [0.25, 0.3) is 65.4 Å². The number of aryl methyl sites for hydroxylation is 11. The van der Waals surface area contributed by atoms with E-state index in [9.17, 15) is 57.5 Å². The molecule has 0 spiro atoms. The minimum atomic E-state index is -1.49. The van der Waals surface area contributed by atoms with E-state index < -0.39 is 103 Å². The van der Waals surface area contributed by atoms with Crippen LogP contribution in [0, 0.1) is 200 Å². The van der Waals surface area contributed by atoms with E-state index in [-0.39, 0.29) is 17.0 Å². The summed E-state index contributed by atoms with van der Waals surface area (Å²) >= 11 is 0. The number of allylic oxidation sites excluding steroid dienone is 8. The molecule has 10 aromatic carbocycles. The summed E-state index contributed by atoms with van der Waals surface area (Å²) in [5, 5.41) is 3.64. The van der Waals surface area contributed by atoms with Crippen LogP contribution in [-0.2, 0) is 0 Å². The molecule has 1 heterocycles. The molecule has 0 saturated heterocycles. The van der Waals surface area contributed by atoms with E-state index in [2.05, 4.69) is 185 Å². The first kappa shape index (κ1) is 95.4. The molecule has 114 heavy (non-hydrogen) atoms. The van der Waals surface area contributed by atoms with Gasteiger partial charge in [-0.15, -0.1) is 0 Å². The van der Waals surface area contributed by atoms with Gasteiger partial charge in [-0.3, -0.25) is 0 Å². The van der Waals surface area contributed by atoms with Crippen molar-refractivity contribution >= 4 is 46.0 Å².